The van der Waals surface area contributed by atoms with E-state index in [1.54, 1.807) is 85.8 Å². The fourth-order valence-electron chi connectivity index (χ4n) is 6.01. The average molecular weight is 787 g/mol. The molecule has 4 aromatic rings. The Morgan fingerprint density at radius 2 is 1.32 bits per heavy atom. The highest BCUT2D eigenvalue weighted by molar-refractivity contribution is 7.15. The first kappa shape index (κ1) is 42.8. The number of halogens is 1. The summed E-state index contributed by atoms with van der Waals surface area (Å²) in [6, 6.07) is 26.3. The number of ether oxygens (including phenoxy) is 5. The second kappa shape index (κ2) is 17.4. The summed E-state index contributed by atoms with van der Waals surface area (Å²) in [5.74, 6) is -1.79. The Morgan fingerprint density at radius 3 is 1.93 bits per heavy atom. The van der Waals surface area contributed by atoms with E-state index in [-0.39, 0.29) is 19.0 Å². The van der Waals surface area contributed by atoms with E-state index in [2.05, 4.69) is 12.1 Å². The molecule has 56 heavy (non-hydrogen) atoms. The summed E-state index contributed by atoms with van der Waals surface area (Å²) in [6.07, 6.45) is -4.51. The van der Waals surface area contributed by atoms with E-state index in [4.69, 9.17) is 23.7 Å². The summed E-state index contributed by atoms with van der Waals surface area (Å²) in [5.41, 5.74) is 2.06. The molecule has 1 aliphatic rings. The Balaban J connectivity index is 1.59. The van der Waals surface area contributed by atoms with Crippen molar-refractivity contribution >= 4 is 29.2 Å². The van der Waals surface area contributed by atoms with Gasteiger partial charge in [-0.2, -0.15) is 0 Å². The molecule has 0 bridgehead atoms. The van der Waals surface area contributed by atoms with E-state index < -0.39 is 64.7 Å². The van der Waals surface area contributed by atoms with Gasteiger partial charge in [0.1, 0.15) is 30.7 Å². The van der Waals surface area contributed by atoms with Gasteiger partial charge in [-0.25, -0.2) is 4.39 Å². The molecule has 3 aromatic carbocycles. The zero-order chi connectivity index (χ0) is 41.0. The molecule has 0 radical (unpaired) electrons. The van der Waals surface area contributed by atoms with Crippen molar-refractivity contribution in [2.24, 2.45) is 16.2 Å². The lowest BCUT2D eigenvalue weighted by atomic mass is 9.88. The maximum Gasteiger partial charge on any atom is 0.311 e. The van der Waals surface area contributed by atoms with Crippen LogP contribution in [0.2, 0.25) is 0 Å². The van der Waals surface area contributed by atoms with E-state index in [1.807, 2.05) is 55.5 Å². The van der Waals surface area contributed by atoms with Gasteiger partial charge in [0, 0.05) is 16.2 Å². The predicted molar refractivity (Wildman–Crippen MR) is 215 cm³/mol. The average Bonchev–Trinajstić information content (AvgIpc) is 3.59. The molecular formula is C46H55FO8S. The van der Waals surface area contributed by atoms with Crippen LogP contribution in [0.1, 0.15) is 95.5 Å². The minimum Gasteiger partial charge on any atom is -0.462 e. The Bertz CT molecular complexity index is 1970. The quantitative estimate of drug-likeness (QED) is 0.110. The van der Waals surface area contributed by atoms with Crippen molar-refractivity contribution < 1.29 is 42.5 Å². The van der Waals surface area contributed by atoms with E-state index >= 15 is 0 Å². The minimum atomic E-state index is -1.18. The summed E-state index contributed by atoms with van der Waals surface area (Å²) in [6.45, 7) is 17.7. The second-order valence-electron chi connectivity index (χ2n) is 17.6. The molecular weight excluding hydrogens is 732 g/mol. The van der Waals surface area contributed by atoms with Crippen molar-refractivity contribution in [2.75, 3.05) is 6.61 Å². The highest BCUT2D eigenvalue weighted by atomic mass is 32.1. The van der Waals surface area contributed by atoms with Crippen molar-refractivity contribution in [1.82, 2.24) is 0 Å². The van der Waals surface area contributed by atoms with Crippen LogP contribution >= 0.6 is 11.3 Å². The molecule has 0 saturated carbocycles. The number of hydrogen-bond acceptors (Lipinski definition) is 9. The van der Waals surface area contributed by atoms with Crippen LogP contribution in [0.25, 0.3) is 10.4 Å². The number of rotatable bonds is 11. The van der Waals surface area contributed by atoms with Crippen LogP contribution in [0.3, 0.4) is 0 Å². The molecule has 2 heterocycles. The Morgan fingerprint density at radius 1 is 0.714 bits per heavy atom. The first-order valence-electron chi connectivity index (χ1n) is 19.0. The first-order valence-corrected chi connectivity index (χ1v) is 19.9. The lowest BCUT2D eigenvalue weighted by Crippen LogP contribution is -2.60. The molecule has 0 amide bonds. The van der Waals surface area contributed by atoms with Crippen LogP contribution in [-0.4, -0.2) is 48.9 Å². The van der Waals surface area contributed by atoms with Crippen molar-refractivity contribution in [1.29, 1.82) is 0 Å². The van der Waals surface area contributed by atoms with Crippen molar-refractivity contribution in [3.63, 3.8) is 0 Å². The molecule has 300 valence electrons. The van der Waals surface area contributed by atoms with Gasteiger partial charge >= 0.3 is 17.9 Å². The van der Waals surface area contributed by atoms with Crippen molar-refractivity contribution in [3.05, 3.63) is 118 Å². The van der Waals surface area contributed by atoms with E-state index in [9.17, 15) is 18.8 Å². The van der Waals surface area contributed by atoms with Gasteiger partial charge in [0.2, 0.25) is 0 Å². The van der Waals surface area contributed by atoms with Gasteiger partial charge in [0.25, 0.3) is 0 Å². The fraction of sp³-hybridized carbons (Fsp3) is 0.457. The smallest absolute Gasteiger partial charge is 0.311 e. The third-order valence-corrected chi connectivity index (χ3v) is 10.6. The van der Waals surface area contributed by atoms with Crippen molar-refractivity contribution in [3.8, 4) is 10.4 Å². The summed E-state index contributed by atoms with van der Waals surface area (Å²) in [4.78, 5) is 42.7. The molecule has 8 nitrogen and oxygen atoms in total. The number of carbonyl (C=O) groups is 3. The standard InChI is InChI=1S/C46H55FO8S/c1-28-16-17-31(24-32(28)25-34-22-23-36(56-34)30-18-20-33(47)21-19-30)37-39(51-26-29-14-12-11-13-15-29)40(55-43(50)46(8,9)10)38(54-42(49)45(5,6)7)35(53-37)27-52-41(48)44(2,3)4/h11-24,35,37-40H,25-27H2,1-10H3/t35-,37+,38-,39+,40+/m1/s1. The first-order chi connectivity index (χ1) is 26.2. The maximum atomic E-state index is 13.8. The molecule has 1 aromatic heterocycles. The van der Waals surface area contributed by atoms with Crippen molar-refractivity contribution in [2.45, 2.75) is 113 Å². The molecule has 1 fully saturated rings. The SMILES string of the molecule is Cc1ccc([C@@H]2O[C@H](COC(=O)C(C)(C)C)[C@@H](OC(=O)C(C)(C)C)[C@H](OC(=O)C(C)(C)C)[C@H]2OCc2ccccc2)cc1Cc1ccc(-c2ccc(F)cc2)s1. The topological polar surface area (TPSA) is 97.4 Å². The van der Waals surface area contributed by atoms with Crippen LogP contribution in [0, 0.1) is 29.0 Å². The molecule has 1 aliphatic heterocycles. The largest absolute Gasteiger partial charge is 0.462 e. The molecule has 1 saturated heterocycles. The van der Waals surface area contributed by atoms with E-state index in [0.29, 0.717) is 6.42 Å². The van der Waals surface area contributed by atoms with Crippen LogP contribution in [0.15, 0.2) is 84.9 Å². The fourth-order valence-corrected chi connectivity index (χ4v) is 7.04. The van der Waals surface area contributed by atoms with Crippen LogP contribution < -0.4 is 0 Å². The van der Waals surface area contributed by atoms with Crippen LogP contribution in [0.4, 0.5) is 4.39 Å². The van der Waals surface area contributed by atoms with Gasteiger partial charge in [-0.15, -0.1) is 11.3 Å². The Hall–Kier alpha value is -4.38. The minimum absolute atomic E-state index is 0.151. The number of carbonyl (C=O) groups excluding carboxylic acids is 3. The van der Waals surface area contributed by atoms with Gasteiger partial charge in [0.05, 0.1) is 22.9 Å². The number of esters is 3. The van der Waals surface area contributed by atoms with Gasteiger partial charge in [0.15, 0.2) is 12.2 Å². The van der Waals surface area contributed by atoms with E-state index in [0.717, 1.165) is 37.6 Å². The van der Waals surface area contributed by atoms with Crippen LogP contribution in [0.5, 0.6) is 0 Å². The number of aryl methyl sites for hydroxylation is 1. The second-order valence-corrected chi connectivity index (χ2v) is 18.7. The molecule has 0 aliphatic carbocycles. The third-order valence-electron chi connectivity index (χ3n) is 9.48. The number of hydrogen-bond donors (Lipinski definition) is 0. The third kappa shape index (κ3) is 10.9. The van der Waals surface area contributed by atoms with Gasteiger partial charge in [-0.05, 0) is 121 Å². The predicted octanol–water partition coefficient (Wildman–Crippen LogP) is 9.98. The number of benzene rings is 3. The Labute approximate surface area is 334 Å². The summed E-state index contributed by atoms with van der Waals surface area (Å²) in [7, 11) is 0. The maximum absolute atomic E-state index is 13.8. The summed E-state index contributed by atoms with van der Waals surface area (Å²) in [5, 5.41) is 0. The molecule has 5 atom stereocenters. The van der Waals surface area contributed by atoms with E-state index in [1.165, 1.54) is 12.1 Å². The zero-order valence-corrected chi connectivity index (χ0v) is 35.0. The molecule has 5 rings (SSSR count). The zero-order valence-electron chi connectivity index (χ0n) is 34.1. The highest BCUT2D eigenvalue weighted by Gasteiger charge is 2.53. The lowest BCUT2D eigenvalue weighted by molar-refractivity contribution is -0.265. The normalized spacial score (nSPS) is 20.3. The molecule has 10 heteroatoms. The Kier molecular flexibility index (Phi) is 13.3. The van der Waals surface area contributed by atoms with Gasteiger partial charge in [-0.1, -0.05) is 60.7 Å². The number of thiophene rings is 1. The molecule has 0 unspecified atom stereocenters. The molecule has 0 N–H and O–H groups in total. The lowest BCUT2D eigenvalue weighted by Gasteiger charge is -2.46. The van der Waals surface area contributed by atoms with Gasteiger partial charge in [-0.3, -0.25) is 14.4 Å². The molecule has 0 spiro atoms. The summed E-state index contributed by atoms with van der Waals surface area (Å²) >= 11 is 1.64. The van der Waals surface area contributed by atoms with Crippen LogP contribution in [-0.2, 0) is 51.1 Å². The summed E-state index contributed by atoms with van der Waals surface area (Å²) < 4.78 is 45.6. The highest BCUT2D eigenvalue weighted by Crippen LogP contribution is 2.41. The monoisotopic (exact) mass is 786 g/mol. The van der Waals surface area contributed by atoms with Gasteiger partial charge < -0.3 is 23.7 Å².